The maximum Gasteiger partial charge on any atom is -0.0102 e. The average Bonchev–Trinajstić information content (AvgIpc) is 3.26. The lowest BCUT2D eigenvalue weighted by atomic mass is 9.76. The fraction of sp³-hybridized carbons (Fsp3) is 0.111. The first-order valence-electron chi connectivity index (χ1n) is 19.4. The van der Waals surface area contributed by atoms with Crippen LogP contribution in [0.3, 0.4) is 0 Å². The molecule has 3 aliphatic rings. The molecular formula is C54H44. The minimum absolute atomic E-state index is 0.986. The van der Waals surface area contributed by atoms with Crippen molar-refractivity contribution in [2.45, 2.75) is 38.5 Å². The molecule has 0 radical (unpaired) electrons. The third kappa shape index (κ3) is 6.50. The first-order chi connectivity index (χ1) is 26.6. The monoisotopic (exact) mass is 692 g/mol. The van der Waals surface area contributed by atoms with Crippen molar-refractivity contribution in [2.75, 3.05) is 0 Å². The van der Waals surface area contributed by atoms with Gasteiger partial charge < -0.3 is 0 Å². The lowest BCUT2D eigenvalue weighted by Crippen LogP contribution is -2.11. The van der Waals surface area contributed by atoms with E-state index in [0.29, 0.717) is 0 Å². The van der Waals surface area contributed by atoms with Crippen molar-refractivity contribution >= 4 is 34.1 Å². The second-order valence-electron chi connectivity index (χ2n) is 14.8. The van der Waals surface area contributed by atoms with Gasteiger partial charge in [-0.2, -0.15) is 0 Å². The molecule has 0 heteroatoms. The van der Waals surface area contributed by atoms with Crippen LogP contribution in [-0.2, 0) is 12.8 Å². The van der Waals surface area contributed by atoms with Gasteiger partial charge >= 0.3 is 0 Å². The van der Waals surface area contributed by atoms with Crippen molar-refractivity contribution in [3.8, 4) is 22.3 Å². The Balaban J connectivity index is 1.04. The third-order valence-corrected chi connectivity index (χ3v) is 11.5. The summed E-state index contributed by atoms with van der Waals surface area (Å²) < 4.78 is 0. The normalized spacial score (nSPS) is 15.3. The molecule has 54 heavy (non-hydrogen) atoms. The van der Waals surface area contributed by atoms with E-state index in [-0.39, 0.29) is 0 Å². The molecule has 0 heterocycles. The minimum atomic E-state index is 0.986. The van der Waals surface area contributed by atoms with Gasteiger partial charge in [0.05, 0.1) is 0 Å². The molecule has 0 aromatic heterocycles. The summed E-state index contributed by atoms with van der Waals surface area (Å²) in [7, 11) is 0. The van der Waals surface area contributed by atoms with Gasteiger partial charge in [-0.25, -0.2) is 0 Å². The Bertz CT molecular complexity index is 2600. The Hall–Kier alpha value is -6.24. The van der Waals surface area contributed by atoms with Gasteiger partial charge in [0, 0.05) is 0 Å². The molecule has 0 saturated heterocycles. The predicted octanol–water partition coefficient (Wildman–Crippen LogP) is 14.5. The van der Waals surface area contributed by atoms with Crippen LogP contribution in [-0.4, -0.2) is 0 Å². The topological polar surface area (TPSA) is 0 Å². The highest BCUT2D eigenvalue weighted by atomic mass is 14.3. The van der Waals surface area contributed by atoms with Crippen molar-refractivity contribution in [3.05, 3.63) is 227 Å². The maximum atomic E-state index is 4.61. The van der Waals surface area contributed by atoms with Gasteiger partial charge in [-0.1, -0.05) is 165 Å². The molecule has 0 atom stereocenters. The third-order valence-electron chi connectivity index (χ3n) is 11.5. The highest BCUT2D eigenvalue weighted by Gasteiger charge is 2.25. The van der Waals surface area contributed by atoms with Crippen LogP contribution in [0, 0.1) is 0 Å². The minimum Gasteiger partial charge on any atom is -0.0984 e. The lowest BCUT2D eigenvalue weighted by molar-refractivity contribution is 0.855. The average molecular weight is 693 g/mol. The van der Waals surface area contributed by atoms with Crippen LogP contribution in [0.2, 0.25) is 0 Å². The molecule has 3 aliphatic carbocycles. The first-order valence-corrected chi connectivity index (χ1v) is 19.4. The predicted molar refractivity (Wildman–Crippen MR) is 233 cm³/mol. The molecule has 0 fully saturated rings. The zero-order valence-electron chi connectivity index (χ0n) is 30.8. The second kappa shape index (κ2) is 14.6. The zero-order chi connectivity index (χ0) is 36.4. The highest BCUT2D eigenvalue weighted by molar-refractivity contribution is 6.01. The van der Waals surface area contributed by atoms with Crippen molar-refractivity contribution in [1.82, 2.24) is 0 Å². The zero-order valence-corrected chi connectivity index (χ0v) is 30.8. The van der Waals surface area contributed by atoms with E-state index in [4.69, 9.17) is 0 Å². The molecule has 0 saturated carbocycles. The van der Waals surface area contributed by atoms with Gasteiger partial charge in [0.25, 0.3) is 0 Å². The number of fused-ring (bicyclic) bond motifs is 6. The Morgan fingerprint density at radius 1 is 0.500 bits per heavy atom. The van der Waals surface area contributed by atoms with E-state index in [2.05, 4.69) is 177 Å². The van der Waals surface area contributed by atoms with E-state index < -0.39 is 0 Å². The molecule has 0 unspecified atom stereocenters. The van der Waals surface area contributed by atoms with Crippen LogP contribution in [0.1, 0.15) is 59.1 Å². The van der Waals surface area contributed by atoms with Gasteiger partial charge in [0.15, 0.2) is 0 Å². The summed E-state index contributed by atoms with van der Waals surface area (Å²) >= 11 is 0. The lowest BCUT2D eigenvalue weighted by Gasteiger charge is -2.28. The first kappa shape index (κ1) is 33.6. The highest BCUT2D eigenvalue weighted by Crippen LogP contribution is 2.44. The van der Waals surface area contributed by atoms with E-state index >= 15 is 0 Å². The van der Waals surface area contributed by atoms with E-state index in [9.17, 15) is 0 Å². The number of hydrogen-bond acceptors (Lipinski definition) is 0. The van der Waals surface area contributed by atoms with Gasteiger partial charge in [-0.15, -0.1) is 0 Å². The number of benzene rings is 6. The van der Waals surface area contributed by atoms with Crippen LogP contribution in [0.5, 0.6) is 0 Å². The molecule has 0 spiro atoms. The van der Waals surface area contributed by atoms with Crippen LogP contribution in [0.4, 0.5) is 0 Å². The number of allylic oxidation sites excluding steroid dienone is 10. The van der Waals surface area contributed by atoms with Crippen molar-refractivity contribution in [2.24, 2.45) is 0 Å². The number of rotatable bonds is 8. The fourth-order valence-corrected chi connectivity index (χ4v) is 8.74. The molecule has 260 valence electrons. The van der Waals surface area contributed by atoms with E-state index in [0.717, 1.165) is 55.2 Å². The summed E-state index contributed by atoms with van der Waals surface area (Å²) in [6.07, 6.45) is 20.4. The van der Waals surface area contributed by atoms with E-state index in [1.807, 2.05) is 6.08 Å². The molecule has 6 aromatic carbocycles. The fourth-order valence-electron chi connectivity index (χ4n) is 8.74. The van der Waals surface area contributed by atoms with Crippen molar-refractivity contribution in [1.29, 1.82) is 0 Å². The summed E-state index contributed by atoms with van der Waals surface area (Å²) in [5.41, 5.74) is 21.1. The smallest absolute Gasteiger partial charge is 0.0102 e. The Morgan fingerprint density at radius 2 is 1.07 bits per heavy atom. The Morgan fingerprint density at radius 3 is 1.78 bits per heavy atom. The van der Waals surface area contributed by atoms with Gasteiger partial charge in [0.1, 0.15) is 0 Å². The summed E-state index contributed by atoms with van der Waals surface area (Å²) in [4.78, 5) is 0. The summed E-state index contributed by atoms with van der Waals surface area (Å²) in [6.45, 7) is 8.81. The van der Waals surface area contributed by atoms with Crippen molar-refractivity contribution < 1.29 is 0 Å². The van der Waals surface area contributed by atoms with Crippen LogP contribution >= 0.6 is 0 Å². The van der Waals surface area contributed by atoms with Crippen LogP contribution in [0.15, 0.2) is 193 Å². The standard InChI is InChI=1S/C54H44/c1-3-38(42-19-12-20-43(32-42)39-15-6-4-7-16-39)31-37(2)41-27-29-51-52-30-28-48(36-54(52)50-26-11-10-25-49(50)53(51)35-41)47-24-14-23-46(34-47)45-22-13-21-44(33-45)40-17-8-5-9-18-40/h3-13,15-23,25-26,31-36H,1-2,14,24,27-30H2/b38-31+. The molecule has 6 aromatic rings. The molecule has 0 nitrogen and oxygen atoms in total. The quantitative estimate of drug-likeness (QED) is 0.139. The Labute approximate surface area is 320 Å². The molecule has 0 bridgehead atoms. The molecule has 9 rings (SSSR count). The molecule has 0 amide bonds. The molecular weight excluding hydrogens is 649 g/mol. The molecule has 0 N–H and O–H groups in total. The van der Waals surface area contributed by atoms with Crippen molar-refractivity contribution in [3.63, 3.8) is 0 Å². The van der Waals surface area contributed by atoms with Crippen LogP contribution < -0.4 is 0 Å². The van der Waals surface area contributed by atoms with E-state index in [1.54, 1.807) is 0 Å². The largest absolute Gasteiger partial charge is 0.0984 e. The summed E-state index contributed by atoms with van der Waals surface area (Å²) in [5, 5.41) is 2.70. The Kier molecular flexibility index (Phi) is 9.11. The summed E-state index contributed by atoms with van der Waals surface area (Å²) in [6, 6.07) is 48.1. The SMILES string of the molecule is C=C/C(=C\C(=C)C1=Cc2c(c3c(c4ccccc24)C=C(C2=CC(c4cccc(-c5ccccc5)c4)=CCC2)CC3)CC1)c1cccc(-c2ccccc2)c1. The number of hydrogen-bond donors (Lipinski definition) is 0. The maximum absolute atomic E-state index is 4.61. The second-order valence-corrected chi connectivity index (χ2v) is 14.8. The van der Waals surface area contributed by atoms with Gasteiger partial charge in [-0.3, -0.25) is 0 Å². The van der Waals surface area contributed by atoms with E-state index in [1.165, 1.54) is 83.1 Å². The summed E-state index contributed by atoms with van der Waals surface area (Å²) in [5.74, 6) is 0. The molecule has 0 aliphatic heterocycles. The van der Waals surface area contributed by atoms with Gasteiger partial charge in [0.2, 0.25) is 0 Å². The van der Waals surface area contributed by atoms with Gasteiger partial charge in [-0.05, 0) is 157 Å². The van der Waals surface area contributed by atoms with Crippen LogP contribution in [0.25, 0.3) is 56.3 Å².